The van der Waals surface area contributed by atoms with Gasteiger partial charge in [0.05, 0.1) is 30.7 Å². The van der Waals surface area contributed by atoms with Gasteiger partial charge in [0, 0.05) is 13.0 Å². The predicted octanol–water partition coefficient (Wildman–Crippen LogP) is -0.938. The van der Waals surface area contributed by atoms with Crippen LogP contribution in [0.3, 0.4) is 0 Å². The number of ether oxygens (including phenoxy) is 1. The average molecular weight is 325 g/mol. The minimum atomic E-state index is -3.99. The first-order chi connectivity index (χ1) is 9.76. The molecule has 0 heterocycles. The van der Waals surface area contributed by atoms with Crippen molar-refractivity contribution in [1.82, 2.24) is 5.32 Å². The highest BCUT2D eigenvalue weighted by molar-refractivity contribution is 7.85. The van der Waals surface area contributed by atoms with Gasteiger partial charge in [0.25, 0.3) is 10.1 Å². The van der Waals surface area contributed by atoms with Crippen molar-refractivity contribution in [2.45, 2.75) is 50.4 Å². The zero-order valence-corrected chi connectivity index (χ0v) is 12.6. The Hall–Kier alpha value is -0.740. The van der Waals surface area contributed by atoms with E-state index >= 15 is 0 Å². The highest BCUT2D eigenvalue weighted by atomic mass is 32.2. The summed E-state index contributed by atoms with van der Waals surface area (Å²) in [5.41, 5.74) is 0. The lowest BCUT2D eigenvalue weighted by Crippen LogP contribution is -2.35. The van der Waals surface area contributed by atoms with Crippen molar-refractivity contribution in [3.8, 4) is 0 Å². The van der Waals surface area contributed by atoms with Gasteiger partial charge in [-0.3, -0.25) is 9.35 Å². The molecule has 0 radical (unpaired) electrons. The van der Waals surface area contributed by atoms with E-state index in [0.29, 0.717) is 19.3 Å². The molecule has 1 saturated carbocycles. The summed E-state index contributed by atoms with van der Waals surface area (Å²) < 4.78 is 34.9. The highest BCUT2D eigenvalue weighted by Gasteiger charge is 2.26. The molecule has 0 aliphatic heterocycles. The number of carbonyl (C=O) groups is 1. The number of carbonyl (C=O) groups excluding carboxylic acids is 1. The molecule has 1 fully saturated rings. The van der Waals surface area contributed by atoms with E-state index in [4.69, 9.17) is 9.29 Å². The Bertz CT molecular complexity index is 415. The third kappa shape index (κ3) is 8.99. The van der Waals surface area contributed by atoms with Crippen molar-refractivity contribution >= 4 is 16.0 Å². The second kappa shape index (κ2) is 8.64. The molecule has 0 bridgehead atoms. The summed E-state index contributed by atoms with van der Waals surface area (Å²) in [7, 11) is -3.99. The van der Waals surface area contributed by atoms with E-state index in [-0.39, 0.29) is 43.8 Å². The fourth-order valence-electron chi connectivity index (χ4n) is 2.23. The van der Waals surface area contributed by atoms with Gasteiger partial charge in [0.2, 0.25) is 5.91 Å². The number of hydrogen-bond acceptors (Lipinski definition) is 6. The van der Waals surface area contributed by atoms with Gasteiger partial charge in [0.15, 0.2) is 0 Å². The van der Waals surface area contributed by atoms with E-state index in [1.54, 1.807) is 0 Å². The number of hydrogen-bond donors (Lipinski definition) is 4. The minimum Gasteiger partial charge on any atom is -0.393 e. The molecule has 0 spiro atoms. The first-order valence-corrected chi connectivity index (χ1v) is 8.57. The van der Waals surface area contributed by atoms with Crippen molar-refractivity contribution in [2.75, 3.05) is 18.9 Å². The molecule has 2 atom stereocenters. The summed E-state index contributed by atoms with van der Waals surface area (Å²) >= 11 is 0. The molecule has 2 unspecified atom stereocenters. The molecule has 0 saturated heterocycles. The Morgan fingerprint density at radius 1 is 1.19 bits per heavy atom. The van der Waals surface area contributed by atoms with Crippen LogP contribution < -0.4 is 5.32 Å². The third-order valence-corrected chi connectivity index (χ3v) is 4.00. The number of amides is 1. The molecule has 124 valence electrons. The lowest BCUT2D eigenvalue weighted by atomic mass is 9.92. The second-order valence-electron chi connectivity index (χ2n) is 5.25. The monoisotopic (exact) mass is 325 g/mol. The zero-order chi connectivity index (χ0) is 15.9. The van der Waals surface area contributed by atoms with E-state index in [1.165, 1.54) is 0 Å². The Labute approximate surface area is 124 Å². The summed E-state index contributed by atoms with van der Waals surface area (Å²) in [4.78, 5) is 11.4. The number of aliphatic hydroxyl groups excluding tert-OH is 2. The number of aliphatic hydroxyl groups is 2. The van der Waals surface area contributed by atoms with Crippen LogP contribution in [0.25, 0.3) is 0 Å². The topological polar surface area (TPSA) is 133 Å². The zero-order valence-electron chi connectivity index (χ0n) is 11.8. The molecule has 0 aromatic carbocycles. The molecule has 9 heteroatoms. The van der Waals surface area contributed by atoms with Crippen molar-refractivity contribution in [2.24, 2.45) is 0 Å². The quantitative estimate of drug-likeness (QED) is 0.334. The van der Waals surface area contributed by atoms with Crippen molar-refractivity contribution < 1.29 is 32.7 Å². The molecule has 4 N–H and O–H groups in total. The van der Waals surface area contributed by atoms with Crippen LogP contribution in [-0.2, 0) is 19.6 Å². The fraction of sp³-hybridized carbons (Fsp3) is 0.917. The highest BCUT2D eigenvalue weighted by Crippen LogP contribution is 2.21. The molecule has 1 aliphatic carbocycles. The number of rotatable bonds is 8. The van der Waals surface area contributed by atoms with Crippen LogP contribution in [0, 0.1) is 0 Å². The van der Waals surface area contributed by atoms with Crippen LogP contribution in [0.1, 0.15) is 32.1 Å². The fourth-order valence-corrected chi connectivity index (χ4v) is 2.74. The van der Waals surface area contributed by atoms with Gasteiger partial charge in [-0.15, -0.1) is 0 Å². The van der Waals surface area contributed by atoms with Crippen LogP contribution in [-0.4, -0.2) is 66.3 Å². The van der Waals surface area contributed by atoms with Crippen molar-refractivity contribution in [3.63, 3.8) is 0 Å². The minimum absolute atomic E-state index is 0.120. The van der Waals surface area contributed by atoms with Crippen LogP contribution in [0.15, 0.2) is 0 Å². The van der Waals surface area contributed by atoms with Crippen LogP contribution >= 0.6 is 0 Å². The van der Waals surface area contributed by atoms with Gasteiger partial charge in [-0.2, -0.15) is 8.42 Å². The Kier molecular flexibility index (Phi) is 7.53. The molecule has 21 heavy (non-hydrogen) atoms. The first kappa shape index (κ1) is 18.3. The molecular weight excluding hydrogens is 302 g/mol. The van der Waals surface area contributed by atoms with Crippen molar-refractivity contribution in [3.05, 3.63) is 0 Å². The van der Waals surface area contributed by atoms with Crippen LogP contribution in [0.5, 0.6) is 0 Å². The van der Waals surface area contributed by atoms with Gasteiger partial charge >= 0.3 is 0 Å². The van der Waals surface area contributed by atoms with Crippen LogP contribution in [0.4, 0.5) is 0 Å². The molecule has 0 aromatic rings. The summed E-state index contributed by atoms with van der Waals surface area (Å²) in [6.07, 6.45) is 0.118. The smallest absolute Gasteiger partial charge is 0.264 e. The molecule has 1 amide bonds. The van der Waals surface area contributed by atoms with Gasteiger partial charge < -0.3 is 20.3 Å². The molecule has 8 nitrogen and oxygen atoms in total. The van der Waals surface area contributed by atoms with Crippen molar-refractivity contribution in [1.29, 1.82) is 0 Å². The molecule has 1 rings (SSSR count). The lowest BCUT2D eigenvalue weighted by molar-refractivity contribution is -0.123. The van der Waals surface area contributed by atoms with Gasteiger partial charge in [-0.25, -0.2) is 0 Å². The van der Waals surface area contributed by atoms with E-state index in [1.807, 2.05) is 0 Å². The predicted molar refractivity (Wildman–Crippen MR) is 74.3 cm³/mol. The Morgan fingerprint density at radius 3 is 2.38 bits per heavy atom. The normalized spacial score (nSPS) is 26.5. The first-order valence-electron chi connectivity index (χ1n) is 6.96. The van der Waals surface area contributed by atoms with Gasteiger partial charge in [-0.1, -0.05) is 0 Å². The largest absolute Gasteiger partial charge is 0.393 e. The third-order valence-electron chi connectivity index (χ3n) is 3.20. The summed E-state index contributed by atoms with van der Waals surface area (Å²) in [5.74, 6) is -0.663. The van der Waals surface area contributed by atoms with Crippen LogP contribution in [0.2, 0.25) is 0 Å². The average Bonchev–Trinajstić information content (AvgIpc) is 2.32. The SMILES string of the molecule is O=C(CCOC1CC(O)CC(O)C1)NCCCS(=O)(=O)O. The molecular formula is C12H23NO7S. The standard InChI is InChI=1S/C12H23NO7S/c14-9-6-10(15)8-11(7-9)20-4-2-12(16)13-3-1-5-21(17,18)19/h9-11,14-15H,1-8H2,(H,13,16)(H,17,18,19). The molecule has 0 aromatic heterocycles. The Balaban J connectivity index is 2.08. The van der Waals surface area contributed by atoms with Gasteiger partial charge in [-0.05, 0) is 25.7 Å². The summed E-state index contributed by atoms with van der Waals surface area (Å²) in [5, 5.41) is 21.5. The molecule has 1 aliphatic rings. The summed E-state index contributed by atoms with van der Waals surface area (Å²) in [6, 6.07) is 0. The Morgan fingerprint density at radius 2 is 1.81 bits per heavy atom. The maximum Gasteiger partial charge on any atom is 0.264 e. The van der Waals surface area contributed by atoms with E-state index in [0.717, 1.165) is 0 Å². The lowest BCUT2D eigenvalue weighted by Gasteiger charge is -2.29. The van der Waals surface area contributed by atoms with E-state index in [2.05, 4.69) is 5.32 Å². The maximum atomic E-state index is 11.4. The van der Waals surface area contributed by atoms with E-state index < -0.39 is 22.3 Å². The second-order valence-corrected chi connectivity index (χ2v) is 6.82. The number of nitrogens with one attached hydrogen (secondary N) is 1. The van der Waals surface area contributed by atoms with E-state index in [9.17, 15) is 23.4 Å². The van der Waals surface area contributed by atoms with Gasteiger partial charge in [0.1, 0.15) is 0 Å². The summed E-state index contributed by atoms with van der Waals surface area (Å²) in [6.45, 7) is 0.341. The maximum absolute atomic E-state index is 11.4.